The summed E-state index contributed by atoms with van der Waals surface area (Å²) in [6, 6.07) is 8.03. The average Bonchev–Trinajstić information content (AvgIpc) is 2.56. The number of benzene rings is 1. The normalized spacial score (nSPS) is 10.4. The predicted octanol–water partition coefficient (Wildman–Crippen LogP) is -0.469. The second kappa shape index (κ2) is 8.52. The van der Waals surface area contributed by atoms with Crippen molar-refractivity contribution >= 4 is 44.3 Å². The molecule has 94 valence electrons. The molecule has 0 radical (unpaired) electrons. The Bertz CT molecular complexity index is 550. The van der Waals surface area contributed by atoms with Crippen molar-refractivity contribution in [3.05, 3.63) is 24.3 Å². The minimum Gasteiger partial charge on any atom is -0.748 e. The van der Waals surface area contributed by atoms with E-state index < -0.39 is 10.1 Å². The van der Waals surface area contributed by atoms with Gasteiger partial charge in [0.1, 0.15) is 4.34 Å². The maximum absolute atomic E-state index is 9.68. The molecule has 1 heterocycles. The molecule has 0 unspecified atom stereocenters. The van der Waals surface area contributed by atoms with Crippen LogP contribution in [0, 0.1) is 0 Å². The molecule has 0 amide bonds. The Labute approximate surface area is 138 Å². The average molecular weight is 313 g/mol. The zero-order valence-corrected chi connectivity index (χ0v) is 14.7. The van der Waals surface area contributed by atoms with Gasteiger partial charge in [0.05, 0.1) is 20.3 Å². The minimum atomic E-state index is -3.92. The third-order valence-corrected chi connectivity index (χ3v) is 3.86. The fourth-order valence-electron chi connectivity index (χ4n) is 1.11. The first kappa shape index (κ1) is 18.4. The molecular formula is C10H12NNaO3S3. The fraction of sp³-hybridized carbons (Fsp3) is 0.300. The van der Waals surface area contributed by atoms with Gasteiger partial charge in [-0.15, -0.1) is 24.0 Å². The van der Waals surface area contributed by atoms with E-state index in [0.29, 0.717) is 6.42 Å². The van der Waals surface area contributed by atoms with Crippen molar-refractivity contribution < 1.29 is 42.5 Å². The first-order chi connectivity index (χ1) is 7.92. The van der Waals surface area contributed by atoms with Gasteiger partial charge >= 0.3 is 29.6 Å². The van der Waals surface area contributed by atoms with Crippen molar-refractivity contribution in [2.24, 2.45) is 0 Å². The molecule has 0 bridgehead atoms. The number of hydrogen-bond donors (Lipinski definition) is 1. The molecule has 0 spiro atoms. The fourth-order valence-corrected chi connectivity index (χ4v) is 2.72. The number of thiazole rings is 1. The van der Waals surface area contributed by atoms with E-state index in [1.807, 2.05) is 24.3 Å². The van der Waals surface area contributed by atoms with Gasteiger partial charge in [-0.25, -0.2) is 13.4 Å². The molecule has 4 nitrogen and oxygen atoms in total. The summed E-state index contributed by atoms with van der Waals surface area (Å²) in [5, 5.41) is 0. The van der Waals surface area contributed by atoms with Gasteiger partial charge < -0.3 is 4.55 Å². The Kier molecular flexibility index (Phi) is 8.70. The summed E-state index contributed by atoms with van der Waals surface area (Å²) in [6.07, 6.45) is 0.409. The number of thiol groups is 1. The van der Waals surface area contributed by atoms with Crippen LogP contribution < -0.4 is 29.6 Å². The SMILES string of the molecule is CCCS(=O)(=O)[O-].Sc1nc2ccccc2s1.[Na+]. The van der Waals surface area contributed by atoms with Gasteiger partial charge in [-0.1, -0.05) is 19.1 Å². The topological polar surface area (TPSA) is 70.1 Å². The van der Waals surface area contributed by atoms with Crippen molar-refractivity contribution in [2.75, 3.05) is 5.75 Å². The summed E-state index contributed by atoms with van der Waals surface area (Å²) in [6.45, 7) is 1.65. The Hall–Kier alpha value is 0.370. The van der Waals surface area contributed by atoms with E-state index in [4.69, 9.17) is 0 Å². The number of fused-ring (bicyclic) bond motifs is 1. The number of rotatable bonds is 2. The van der Waals surface area contributed by atoms with Gasteiger partial charge in [0, 0.05) is 5.75 Å². The van der Waals surface area contributed by atoms with E-state index in [-0.39, 0.29) is 35.3 Å². The molecule has 0 atom stereocenters. The Balaban J connectivity index is 0.000000326. The minimum absolute atomic E-state index is 0. The number of para-hydroxylation sites is 1. The monoisotopic (exact) mass is 313 g/mol. The van der Waals surface area contributed by atoms with Crippen LogP contribution in [0.2, 0.25) is 0 Å². The summed E-state index contributed by atoms with van der Waals surface area (Å²) in [7, 11) is -3.92. The van der Waals surface area contributed by atoms with E-state index >= 15 is 0 Å². The molecule has 0 saturated carbocycles. The van der Waals surface area contributed by atoms with E-state index in [2.05, 4.69) is 17.6 Å². The molecule has 0 saturated heterocycles. The third kappa shape index (κ3) is 7.08. The predicted molar refractivity (Wildman–Crippen MR) is 71.7 cm³/mol. The van der Waals surface area contributed by atoms with E-state index in [0.717, 1.165) is 9.86 Å². The molecule has 0 N–H and O–H groups in total. The maximum Gasteiger partial charge on any atom is 1.00 e. The van der Waals surface area contributed by atoms with E-state index in [1.54, 1.807) is 18.3 Å². The summed E-state index contributed by atoms with van der Waals surface area (Å²) < 4.78 is 31.1. The van der Waals surface area contributed by atoms with Gasteiger partial charge in [-0.05, 0) is 18.6 Å². The van der Waals surface area contributed by atoms with Crippen LogP contribution in [-0.2, 0) is 10.1 Å². The second-order valence-electron chi connectivity index (χ2n) is 3.23. The largest absolute Gasteiger partial charge is 1.00 e. The van der Waals surface area contributed by atoms with Crippen LogP contribution in [0.15, 0.2) is 28.6 Å². The van der Waals surface area contributed by atoms with Crippen molar-refractivity contribution in [3.63, 3.8) is 0 Å². The molecule has 0 fully saturated rings. The molecule has 0 aliphatic heterocycles. The molecular weight excluding hydrogens is 301 g/mol. The molecule has 0 aliphatic rings. The molecule has 0 aliphatic carbocycles. The van der Waals surface area contributed by atoms with Gasteiger partial charge in [0.25, 0.3) is 0 Å². The molecule has 8 heteroatoms. The van der Waals surface area contributed by atoms with E-state index in [9.17, 15) is 13.0 Å². The van der Waals surface area contributed by atoms with Crippen molar-refractivity contribution in [1.82, 2.24) is 4.98 Å². The number of nitrogens with zero attached hydrogens (tertiary/aromatic N) is 1. The summed E-state index contributed by atoms with van der Waals surface area (Å²) in [5.74, 6) is -0.243. The Morgan fingerprint density at radius 3 is 2.44 bits per heavy atom. The second-order valence-corrected chi connectivity index (χ2v) is 6.51. The van der Waals surface area contributed by atoms with Gasteiger partial charge in [0.15, 0.2) is 0 Å². The van der Waals surface area contributed by atoms with Crippen LogP contribution in [0.1, 0.15) is 13.3 Å². The van der Waals surface area contributed by atoms with Crippen molar-refractivity contribution in [1.29, 1.82) is 0 Å². The number of hydrogen-bond acceptors (Lipinski definition) is 6. The number of aromatic nitrogens is 1. The summed E-state index contributed by atoms with van der Waals surface area (Å²) in [4.78, 5) is 4.20. The zero-order valence-electron chi connectivity index (χ0n) is 10.2. The Morgan fingerprint density at radius 1 is 1.39 bits per heavy atom. The van der Waals surface area contributed by atoms with E-state index in [1.165, 1.54) is 4.70 Å². The molecule has 18 heavy (non-hydrogen) atoms. The van der Waals surface area contributed by atoms with Crippen molar-refractivity contribution in [3.8, 4) is 0 Å². The van der Waals surface area contributed by atoms with Crippen LogP contribution in [-0.4, -0.2) is 23.7 Å². The van der Waals surface area contributed by atoms with Crippen molar-refractivity contribution in [2.45, 2.75) is 17.7 Å². The van der Waals surface area contributed by atoms with Crippen LogP contribution in [0.3, 0.4) is 0 Å². The smallest absolute Gasteiger partial charge is 0.748 e. The van der Waals surface area contributed by atoms with Crippen LogP contribution in [0.25, 0.3) is 10.2 Å². The molecule has 1 aromatic carbocycles. The molecule has 2 aromatic rings. The van der Waals surface area contributed by atoms with Crippen LogP contribution in [0.4, 0.5) is 0 Å². The third-order valence-electron chi connectivity index (χ3n) is 1.74. The van der Waals surface area contributed by atoms with Gasteiger partial charge in [-0.3, -0.25) is 0 Å². The molecule has 1 aromatic heterocycles. The first-order valence-electron chi connectivity index (χ1n) is 4.90. The summed E-state index contributed by atoms with van der Waals surface area (Å²) in [5.41, 5.74) is 1.04. The first-order valence-corrected chi connectivity index (χ1v) is 7.74. The van der Waals surface area contributed by atoms with Crippen LogP contribution in [0.5, 0.6) is 0 Å². The summed E-state index contributed by atoms with van der Waals surface area (Å²) >= 11 is 5.76. The van der Waals surface area contributed by atoms with Gasteiger partial charge in [-0.2, -0.15) is 0 Å². The van der Waals surface area contributed by atoms with Gasteiger partial charge in [0.2, 0.25) is 0 Å². The van der Waals surface area contributed by atoms with Crippen LogP contribution >= 0.6 is 24.0 Å². The quantitative estimate of drug-likeness (QED) is 0.462. The molecule has 2 rings (SSSR count). The maximum atomic E-state index is 9.68. The Morgan fingerprint density at radius 2 is 2.00 bits per heavy atom. The standard InChI is InChI=1S/C7H5NS2.C3H8O3S.Na/c9-7-8-5-3-1-2-4-6(5)10-7;1-2-3-7(4,5)6;/h1-4H,(H,8,9);2-3H2,1H3,(H,4,5,6);/q;;+1/p-1. The zero-order chi connectivity index (χ0) is 12.9.